The fraction of sp³-hybridized carbons (Fsp3) is 0.231. The van der Waals surface area contributed by atoms with Crippen molar-refractivity contribution < 1.29 is 5.11 Å². The van der Waals surface area contributed by atoms with Gasteiger partial charge >= 0.3 is 0 Å². The first-order chi connectivity index (χ1) is 8.69. The number of hydrogen-bond acceptors (Lipinski definition) is 4. The maximum atomic E-state index is 9.43. The minimum absolute atomic E-state index is 0.0427. The van der Waals surface area contributed by atoms with Gasteiger partial charge in [0.05, 0.1) is 12.6 Å². The molecule has 0 saturated heterocycles. The van der Waals surface area contributed by atoms with Gasteiger partial charge in [0.15, 0.2) is 0 Å². The Morgan fingerprint density at radius 3 is 2.61 bits per heavy atom. The van der Waals surface area contributed by atoms with Crippen LogP contribution >= 0.6 is 11.6 Å². The van der Waals surface area contributed by atoms with Gasteiger partial charge in [-0.1, -0.05) is 23.7 Å². The average molecular weight is 264 g/mol. The third-order valence-electron chi connectivity index (χ3n) is 2.55. The summed E-state index contributed by atoms with van der Waals surface area (Å²) in [7, 11) is 0. The highest BCUT2D eigenvalue weighted by molar-refractivity contribution is 6.30. The Morgan fingerprint density at radius 1 is 1.28 bits per heavy atom. The summed E-state index contributed by atoms with van der Waals surface area (Å²) in [6.07, 6.45) is 1.68. The van der Waals surface area contributed by atoms with E-state index in [9.17, 15) is 5.11 Å². The summed E-state index contributed by atoms with van der Waals surface area (Å²) in [5.41, 5.74) is 1.81. The maximum Gasteiger partial charge on any atom is 0.223 e. The number of rotatable bonds is 4. The minimum Gasteiger partial charge on any atom is -0.394 e. The van der Waals surface area contributed by atoms with Crippen LogP contribution in [0.3, 0.4) is 0 Å². The molecule has 1 aromatic carbocycles. The molecule has 2 aromatic rings. The third kappa shape index (κ3) is 3.18. The number of aliphatic hydroxyl groups is 1. The number of aromatic nitrogens is 2. The van der Waals surface area contributed by atoms with Crippen molar-refractivity contribution in [2.24, 2.45) is 0 Å². The van der Waals surface area contributed by atoms with Crippen LogP contribution in [0.2, 0.25) is 5.02 Å². The number of nitrogens with zero attached hydrogens (tertiary/aromatic N) is 2. The number of halogens is 1. The second-order valence-corrected chi connectivity index (χ2v) is 4.39. The molecule has 1 atom stereocenters. The molecule has 2 rings (SSSR count). The van der Waals surface area contributed by atoms with Gasteiger partial charge in [0.25, 0.3) is 0 Å². The molecular weight excluding hydrogens is 250 g/mol. The van der Waals surface area contributed by atoms with Gasteiger partial charge in [-0.15, -0.1) is 0 Å². The minimum atomic E-state index is -0.246. The number of aliphatic hydroxyl groups excluding tert-OH is 1. The van der Waals surface area contributed by atoms with Crippen LogP contribution in [0.25, 0.3) is 0 Å². The third-order valence-corrected chi connectivity index (χ3v) is 2.81. The molecule has 0 radical (unpaired) electrons. The zero-order valence-corrected chi connectivity index (χ0v) is 10.7. The molecule has 5 heteroatoms. The van der Waals surface area contributed by atoms with Crippen molar-refractivity contribution in [1.82, 2.24) is 9.97 Å². The summed E-state index contributed by atoms with van der Waals surface area (Å²) in [5.74, 6) is 0.504. The molecule has 1 unspecified atom stereocenters. The van der Waals surface area contributed by atoms with E-state index < -0.39 is 0 Å². The lowest BCUT2D eigenvalue weighted by molar-refractivity contribution is 0.276. The molecule has 94 valence electrons. The van der Waals surface area contributed by atoms with Crippen LogP contribution in [0.1, 0.15) is 17.3 Å². The van der Waals surface area contributed by atoms with E-state index in [1.165, 1.54) is 0 Å². The molecule has 0 bridgehead atoms. The van der Waals surface area contributed by atoms with Crippen LogP contribution in [-0.4, -0.2) is 21.7 Å². The van der Waals surface area contributed by atoms with E-state index in [4.69, 9.17) is 11.6 Å². The van der Waals surface area contributed by atoms with Crippen LogP contribution in [0.5, 0.6) is 0 Å². The predicted molar refractivity (Wildman–Crippen MR) is 71.7 cm³/mol. The fourth-order valence-corrected chi connectivity index (χ4v) is 1.73. The summed E-state index contributed by atoms with van der Waals surface area (Å²) < 4.78 is 0. The average Bonchev–Trinajstić information content (AvgIpc) is 2.37. The Hall–Kier alpha value is -1.65. The first-order valence-corrected chi connectivity index (χ1v) is 5.99. The SMILES string of the molecule is Cc1ccnc(NC(CO)c2ccc(Cl)cc2)n1. The number of hydrogen-bond donors (Lipinski definition) is 2. The molecule has 0 saturated carbocycles. The maximum absolute atomic E-state index is 9.43. The van der Waals surface area contributed by atoms with Gasteiger partial charge in [0.1, 0.15) is 0 Å². The molecule has 0 fully saturated rings. The molecule has 4 nitrogen and oxygen atoms in total. The Bertz CT molecular complexity index is 516. The fourth-order valence-electron chi connectivity index (χ4n) is 1.60. The van der Waals surface area contributed by atoms with E-state index >= 15 is 0 Å². The number of benzene rings is 1. The van der Waals surface area contributed by atoms with Crippen molar-refractivity contribution >= 4 is 17.5 Å². The normalized spacial score (nSPS) is 12.2. The highest BCUT2D eigenvalue weighted by Crippen LogP contribution is 2.19. The second-order valence-electron chi connectivity index (χ2n) is 3.95. The Labute approximate surface area is 111 Å². The molecule has 18 heavy (non-hydrogen) atoms. The molecule has 0 amide bonds. The molecule has 2 N–H and O–H groups in total. The monoisotopic (exact) mass is 263 g/mol. The van der Waals surface area contributed by atoms with Crippen molar-refractivity contribution in [2.45, 2.75) is 13.0 Å². The van der Waals surface area contributed by atoms with E-state index in [0.717, 1.165) is 11.3 Å². The number of nitrogens with one attached hydrogen (secondary N) is 1. The zero-order chi connectivity index (χ0) is 13.0. The lowest BCUT2D eigenvalue weighted by Crippen LogP contribution is -2.16. The van der Waals surface area contributed by atoms with E-state index in [-0.39, 0.29) is 12.6 Å². The number of anilines is 1. The summed E-state index contributed by atoms with van der Waals surface area (Å²) in [6.45, 7) is 1.85. The summed E-state index contributed by atoms with van der Waals surface area (Å²) in [4.78, 5) is 8.36. The van der Waals surface area contributed by atoms with Crippen LogP contribution in [0.15, 0.2) is 36.5 Å². The zero-order valence-electron chi connectivity index (χ0n) is 9.97. The Morgan fingerprint density at radius 2 is 2.00 bits per heavy atom. The quantitative estimate of drug-likeness (QED) is 0.890. The van der Waals surface area contributed by atoms with E-state index in [1.807, 2.05) is 25.1 Å². The van der Waals surface area contributed by atoms with Gasteiger partial charge in [0, 0.05) is 16.9 Å². The van der Waals surface area contributed by atoms with Gasteiger partial charge in [0.2, 0.25) is 5.95 Å². The van der Waals surface area contributed by atoms with Crippen molar-refractivity contribution in [1.29, 1.82) is 0 Å². The van der Waals surface area contributed by atoms with Gasteiger partial charge in [-0.25, -0.2) is 9.97 Å². The topological polar surface area (TPSA) is 58.0 Å². The highest BCUT2D eigenvalue weighted by atomic mass is 35.5. The Balaban J connectivity index is 2.17. The molecular formula is C13H14ClN3O. The first kappa shape index (κ1) is 12.8. The lowest BCUT2D eigenvalue weighted by Gasteiger charge is -2.16. The molecule has 0 aliphatic rings. The van der Waals surface area contributed by atoms with Gasteiger partial charge in [-0.3, -0.25) is 0 Å². The molecule has 1 heterocycles. The van der Waals surface area contributed by atoms with Crippen LogP contribution in [-0.2, 0) is 0 Å². The van der Waals surface area contributed by atoms with Gasteiger partial charge < -0.3 is 10.4 Å². The van der Waals surface area contributed by atoms with Crippen molar-refractivity contribution in [2.75, 3.05) is 11.9 Å². The molecule has 1 aromatic heterocycles. The number of aryl methyl sites for hydroxylation is 1. The van der Waals surface area contributed by atoms with E-state index in [0.29, 0.717) is 11.0 Å². The van der Waals surface area contributed by atoms with Crippen molar-refractivity contribution in [3.05, 3.63) is 52.8 Å². The molecule has 0 aliphatic carbocycles. The first-order valence-electron chi connectivity index (χ1n) is 5.61. The predicted octanol–water partition coefficient (Wildman–Crippen LogP) is 2.58. The molecule has 0 aliphatic heterocycles. The smallest absolute Gasteiger partial charge is 0.223 e. The van der Waals surface area contributed by atoms with Crippen LogP contribution < -0.4 is 5.32 Å². The van der Waals surface area contributed by atoms with Crippen molar-refractivity contribution in [3.8, 4) is 0 Å². The highest BCUT2D eigenvalue weighted by Gasteiger charge is 2.11. The van der Waals surface area contributed by atoms with E-state index in [2.05, 4.69) is 15.3 Å². The summed E-state index contributed by atoms with van der Waals surface area (Å²) >= 11 is 5.83. The molecule has 0 spiro atoms. The van der Waals surface area contributed by atoms with Crippen LogP contribution in [0, 0.1) is 6.92 Å². The Kier molecular flexibility index (Phi) is 4.12. The van der Waals surface area contributed by atoms with Crippen LogP contribution in [0.4, 0.5) is 5.95 Å². The van der Waals surface area contributed by atoms with E-state index in [1.54, 1.807) is 18.3 Å². The largest absolute Gasteiger partial charge is 0.394 e. The second kappa shape index (κ2) is 5.80. The summed E-state index contributed by atoms with van der Waals surface area (Å²) in [5, 5.41) is 13.2. The van der Waals surface area contributed by atoms with Gasteiger partial charge in [-0.05, 0) is 30.7 Å². The standard InChI is InChI=1S/C13H14ClN3O/c1-9-6-7-15-13(16-9)17-12(8-18)10-2-4-11(14)5-3-10/h2-7,12,18H,8H2,1H3,(H,15,16,17). The lowest BCUT2D eigenvalue weighted by atomic mass is 10.1. The van der Waals surface area contributed by atoms with Crippen molar-refractivity contribution in [3.63, 3.8) is 0 Å². The van der Waals surface area contributed by atoms with Gasteiger partial charge in [-0.2, -0.15) is 0 Å². The summed E-state index contributed by atoms with van der Waals surface area (Å²) in [6, 6.07) is 8.89.